The summed E-state index contributed by atoms with van der Waals surface area (Å²) in [5.41, 5.74) is 3.58. The monoisotopic (exact) mass is 581 g/mol. The van der Waals surface area contributed by atoms with E-state index in [9.17, 15) is 13.6 Å². The molecule has 0 unspecified atom stereocenters. The van der Waals surface area contributed by atoms with Gasteiger partial charge in [-0.2, -0.15) is 4.98 Å². The van der Waals surface area contributed by atoms with Gasteiger partial charge in [0.2, 0.25) is 5.95 Å². The minimum Gasteiger partial charge on any atom is -0.444 e. The maximum atomic E-state index is 13.7. The third-order valence-corrected chi connectivity index (χ3v) is 7.39. The summed E-state index contributed by atoms with van der Waals surface area (Å²) < 4.78 is 34.8. The molecule has 41 heavy (non-hydrogen) atoms. The Balaban J connectivity index is 1.46. The highest BCUT2D eigenvalue weighted by atomic mass is 35.5. The lowest BCUT2D eigenvalue weighted by Gasteiger charge is -2.34. The number of rotatable bonds is 6. The van der Waals surface area contributed by atoms with Gasteiger partial charge < -0.3 is 19.5 Å². The highest BCUT2D eigenvalue weighted by Crippen LogP contribution is 2.35. The lowest BCUT2D eigenvalue weighted by atomic mass is 9.98. The van der Waals surface area contributed by atoms with Crippen LogP contribution in [0.4, 0.5) is 19.5 Å². The number of hydrogen-bond acceptors (Lipinski definition) is 5. The number of hydrogen-bond donors (Lipinski definition) is 1. The molecule has 0 bridgehead atoms. The van der Waals surface area contributed by atoms with Crippen LogP contribution in [0.1, 0.15) is 44.7 Å². The Labute approximate surface area is 243 Å². The molecule has 4 aromatic rings. The fourth-order valence-corrected chi connectivity index (χ4v) is 5.49. The van der Waals surface area contributed by atoms with Crippen LogP contribution in [0.25, 0.3) is 22.3 Å². The number of piperidine rings is 1. The summed E-state index contributed by atoms with van der Waals surface area (Å²) in [4.78, 5) is 23.9. The highest BCUT2D eigenvalue weighted by molar-refractivity contribution is 6.33. The van der Waals surface area contributed by atoms with Gasteiger partial charge in [0.25, 0.3) is 0 Å². The lowest BCUT2D eigenvalue weighted by Crippen LogP contribution is -2.43. The van der Waals surface area contributed by atoms with Crippen LogP contribution in [0.3, 0.4) is 0 Å². The van der Waals surface area contributed by atoms with Gasteiger partial charge in [-0.15, -0.1) is 0 Å². The number of likely N-dealkylation sites (tertiary alicyclic amines) is 1. The van der Waals surface area contributed by atoms with Crippen molar-refractivity contribution in [3.05, 3.63) is 76.4 Å². The molecule has 0 spiro atoms. The molecule has 3 heterocycles. The molecule has 7 nitrogen and oxygen atoms in total. The molecule has 1 amide bonds. The van der Waals surface area contributed by atoms with Gasteiger partial charge in [-0.3, -0.25) is 0 Å². The highest BCUT2D eigenvalue weighted by Gasteiger charge is 2.29. The molecule has 1 aliphatic heterocycles. The van der Waals surface area contributed by atoms with Crippen LogP contribution in [0.15, 0.2) is 48.7 Å². The molecule has 2 aromatic carbocycles. The van der Waals surface area contributed by atoms with Crippen molar-refractivity contribution >= 4 is 34.7 Å². The Morgan fingerprint density at radius 1 is 1.15 bits per heavy atom. The standard InChI is InChI=1S/C31H34ClF2N5O2/c1-19-7-9-23(24(32)12-19)27-14-22-16-36-29(35-15-20-8-10-25(33)26(34)13-20)37-28(22)39(27)18-21-6-5-11-38(17-21)30(40)41-31(2,3)4/h7-10,12-14,16,21H,5-6,11,15,17-18H2,1-4H3,(H,35,36,37)/t21-/m1/s1. The first kappa shape index (κ1) is 28.8. The summed E-state index contributed by atoms with van der Waals surface area (Å²) in [5.74, 6) is -1.26. The number of nitrogens with one attached hydrogen (secondary N) is 1. The third-order valence-electron chi connectivity index (χ3n) is 7.08. The first-order chi connectivity index (χ1) is 19.5. The Bertz CT molecular complexity index is 1580. The first-order valence-electron chi connectivity index (χ1n) is 13.8. The molecule has 1 saturated heterocycles. The minimum absolute atomic E-state index is 0.170. The van der Waals surface area contributed by atoms with Gasteiger partial charge in [-0.1, -0.05) is 29.8 Å². The molecule has 216 valence electrons. The van der Waals surface area contributed by atoms with Gasteiger partial charge in [-0.05, 0) is 81.8 Å². The molecule has 0 saturated carbocycles. The predicted octanol–water partition coefficient (Wildman–Crippen LogP) is 7.60. The van der Waals surface area contributed by atoms with Gasteiger partial charge in [0.15, 0.2) is 11.6 Å². The Morgan fingerprint density at radius 3 is 2.68 bits per heavy atom. The summed E-state index contributed by atoms with van der Waals surface area (Å²) in [6, 6.07) is 11.8. The van der Waals surface area contributed by atoms with Crippen LogP contribution >= 0.6 is 11.6 Å². The van der Waals surface area contributed by atoms with Crippen LogP contribution in [-0.2, 0) is 17.8 Å². The van der Waals surface area contributed by atoms with E-state index in [2.05, 4.69) is 14.9 Å². The molecule has 1 fully saturated rings. The molecule has 5 rings (SSSR count). The second-order valence-electron chi connectivity index (χ2n) is 11.6. The number of nitrogens with zero attached hydrogens (tertiary/aromatic N) is 4. The smallest absolute Gasteiger partial charge is 0.410 e. The van der Waals surface area contributed by atoms with E-state index in [1.807, 2.05) is 52.0 Å². The number of anilines is 1. The first-order valence-corrected chi connectivity index (χ1v) is 14.1. The molecule has 1 aliphatic rings. The van der Waals surface area contributed by atoms with E-state index < -0.39 is 17.2 Å². The number of ether oxygens (including phenoxy) is 1. The Morgan fingerprint density at radius 2 is 1.95 bits per heavy atom. The van der Waals surface area contributed by atoms with E-state index in [-0.39, 0.29) is 18.6 Å². The fraction of sp³-hybridized carbons (Fsp3) is 0.387. The number of fused-ring (bicyclic) bond motifs is 1. The second-order valence-corrected chi connectivity index (χ2v) is 12.0. The molecular formula is C31H34ClF2N5O2. The van der Waals surface area contributed by atoms with Crippen molar-refractivity contribution in [3.8, 4) is 11.3 Å². The number of aryl methyl sites for hydroxylation is 1. The van der Waals surface area contributed by atoms with Gasteiger partial charge in [-0.25, -0.2) is 18.6 Å². The SMILES string of the molecule is Cc1ccc(-c2cc3cnc(NCc4ccc(F)c(F)c4)nc3n2C[C@@H]2CCCN(C(=O)OC(C)(C)C)C2)c(Cl)c1. The zero-order valence-corrected chi connectivity index (χ0v) is 24.4. The molecule has 1 atom stereocenters. The number of carbonyl (C=O) groups is 1. The minimum atomic E-state index is -0.901. The van der Waals surface area contributed by atoms with Crippen molar-refractivity contribution in [2.24, 2.45) is 5.92 Å². The quantitative estimate of drug-likeness (QED) is 0.254. The maximum Gasteiger partial charge on any atom is 0.410 e. The van der Waals surface area contributed by atoms with E-state index >= 15 is 0 Å². The third kappa shape index (κ3) is 6.78. The van der Waals surface area contributed by atoms with Gasteiger partial charge >= 0.3 is 6.09 Å². The number of benzene rings is 2. The summed E-state index contributed by atoms with van der Waals surface area (Å²) in [7, 11) is 0. The molecular weight excluding hydrogens is 548 g/mol. The van der Waals surface area contributed by atoms with E-state index in [4.69, 9.17) is 21.3 Å². The lowest BCUT2D eigenvalue weighted by molar-refractivity contribution is 0.0158. The summed E-state index contributed by atoms with van der Waals surface area (Å²) in [5, 5.41) is 4.60. The number of halogens is 3. The zero-order chi connectivity index (χ0) is 29.3. The van der Waals surface area contributed by atoms with Crippen molar-refractivity contribution in [3.63, 3.8) is 0 Å². The van der Waals surface area contributed by atoms with Crippen molar-refractivity contribution in [1.82, 2.24) is 19.4 Å². The summed E-state index contributed by atoms with van der Waals surface area (Å²) >= 11 is 6.72. The number of aromatic nitrogens is 3. The fourth-order valence-electron chi connectivity index (χ4n) is 5.16. The second kappa shape index (κ2) is 11.6. The largest absolute Gasteiger partial charge is 0.444 e. The summed E-state index contributed by atoms with van der Waals surface area (Å²) in [6.07, 6.45) is 3.27. The van der Waals surface area contributed by atoms with E-state index in [0.29, 0.717) is 41.8 Å². The summed E-state index contributed by atoms with van der Waals surface area (Å²) in [6.45, 7) is 9.68. The van der Waals surface area contributed by atoms with Crippen molar-refractivity contribution in [2.45, 2.75) is 59.2 Å². The Hall–Kier alpha value is -3.72. The van der Waals surface area contributed by atoms with Crippen LogP contribution < -0.4 is 5.32 Å². The number of carbonyl (C=O) groups excluding carboxylic acids is 1. The van der Waals surface area contributed by atoms with Crippen LogP contribution in [0, 0.1) is 24.5 Å². The molecule has 0 aliphatic carbocycles. The predicted molar refractivity (Wildman–Crippen MR) is 157 cm³/mol. The maximum absolute atomic E-state index is 13.7. The van der Waals surface area contributed by atoms with Gasteiger partial charge in [0.05, 0.1) is 10.7 Å². The molecule has 10 heteroatoms. The average molecular weight is 582 g/mol. The van der Waals surface area contributed by atoms with Crippen molar-refractivity contribution in [1.29, 1.82) is 0 Å². The van der Waals surface area contributed by atoms with Gasteiger partial charge in [0.1, 0.15) is 11.2 Å². The van der Waals surface area contributed by atoms with E-state index in [1.165, 1.54) is 6.07 Å². The zero-order valence-electron chi connectivity index (χ0n) is 23.7. The van der Waals surface area contributed by atoms with E-state index in [1.54, 1.807) is 11.1 Å². The Kier molecular flexibility index (Phi) is 8.18. The molecule has 1 N–H and O–H groups in total. The van der Waals surface area contributed by atoms with Crippen LogP contribution in [-0.4, -0.2) is 44.2 Å². The number of amides is 1. The van der Waals surface area contributed by atoms with Crippen molar-refractivity contribution in [2.75, 3.05) is 18.4 Å². The normalized spacial score (nSPS) is 15.8. The molecule has 2 aromatic heterocycles. The topological polar surface area (TPSA) is 72.3 Å². The van der Waals surface area contributed by atoms with Gasteiger partial charge in [0, 0.05) is 43.3 Å². The van der Waals surface area contributed by atoms with Crippen LogP contribution in [0.5, 0.6) is 0 Å². The van der Waals surface area contributed by atoms with Crippen LogP contribution in [0.2, 0.25) is 5.02 Å². The van der Waals surface area contributed by atoms with Crippen molar-refractivity contribution < 1.29 is 18.3 Å². The van der Waals surface area contributed by atoms with E-state index in [0.717, 1.165) is 47.2 Å². The molecule has 0 radical (unpaired) electrons. The average Bonchev–Trinajstić information content (AvgIpc) is 3.25.